The van der Waals surface area contributed by atoms with E-state index in [1.165, 1.54) is 7.11 Å². The molecule has 5 saturated heterocycles. The maximum atomic E-state index is 14.5. The highest BCUT2D eigenvalue weighted by Gasteiger charge is 2.47. The van der Waals surface area contributed by atoms with Crippen LogP contribution >= 0.6 is 16.4 Å². The molecule has 9 unspecified atom stereocenters. The molecule has 22 atom stereocenters. The second kappa shape index (κ2) is 64.8. The van der Waals surface area contributed by atoms with E-state index >= 15 is 0 Å². The van der Waals surface area contributed by atoms with Gasteiger partial charge in [-0.1, -0.05) is 47.5 Å². The summed E-state index contributed by atoms with van der Waals surface area (Å²) in [5, 5.41) is 110. The van der Waals surface area contributed by atoms with Gasteiger partial charge in [-0.3, -0.25) is 47.4 Å². The highest BCUT2D eigenvalue weighted by Crippen LogP contribution is 2.49. The smallest absolute Gasteiger partial charge is 0.400 e. The number of ether oxygens (including phenoxy) is 10. The number of aliphatic hydroxyl groups excluding tert-OH is 11. The van der Waals surface area contributed by atoms with Crippen molar-refractivity contribution < 1.29 is 174 Å². The van der Waals surface area contributed by atoms with Gasteiger partial charge in [0.25, 0.3) is 0 Å². The van der Waals surface area contributed by atoms with E-state index in [2.05, 4.69) is 10.2 Å². The Balaban J connectivity index is 0.0000133. The van der Waals surface area contributed by atoms with E-state index < -0.39 is 189 Å². The third-order valence-electron chi connectivity index (χ3n) is 22.4. The molecule has 0 radical (unpaired) electrons. The molecule has 5 fully saturated rings. The molecule has 5 rings (SSSR count). The summed E-state index contributed by atoms with van der Waals surface area (Å²) in [6, 6.07) is -0.985. The van der Waals surface area contributed by atoms with E-state index in [9.17, 15) is 98.9 Å². The number of hydrogen-bond acceptors (Lipinski definition) is 35. The summed E-state index contributed by atoms with van der Waals surface area (Å²) in [5.41, 5.74) is -1.66. The molecule has 5 aliphatic heterocycles. The number of unbranched alkanes of at least 4 members (excludes halogenated alkanes) is 9. The van der Waals surface area contributed by atoms with Crippen LogP contribution in [0, 0.1) is 24.3 Å². The van der Waals surface area contributed by atoms with Crippen LogP contribution in [0.3, 0.4) is 0 Å². The van der Waals surface area contributed by atoms with Crippen LogP contribution in [-0.2, 0) is 113 Å². The Hall–Kier alpha value is -3.97. The zero-order valence-electron chi connectivity index (χ0n) is 73.2. The number of likely N-dealkylation sites (tertiary alicyclic amines) is 1. The van der Waals surface area contributed by atoms with Crippen molar-refractivity contribution in [2.45, 2.75) is 338 Å². The molecular weight excluding hydrogens is 1690 g/mol. The minimum atomic E-state index is -4.91. The van der Waals surface area contributed by atoms with Crippen LogP contribution in [0.5, 0.6) is 0 Å². The number of aliphatic hydroxyl groups is 11. The highest BCUT2D eigenvalue weighted by molar-refractivity contribution is 7.47. The van der Waals surface area contributed by atoms with Crippen molar-refractivity contribution >= 4 is 62.9 Å². The number of rotatable bonds is 69. The van der Waals surface area contributed by atoms with Crippen LogP contribution in [0.2, 0.25) is 0 Å². The van der Waals surface area contributed by atoms with Gasteiger partial charge in [-0.25, -0.2) is 11.1 Å². The molecule has 125 heavy (non-hydrogen) atoms. The Morgan fingerprint density at radius 3 is 1.19 bits per heavy atom. The van der Waals surface area contributed by atoms with Crippen LogP contribution in [0.25, 0.3) is 4.85 Å². The van der Waals surface area contributed by atoms with Gasteiger partial charge in [0, 0.05) is 142 Å². The van der Waals surface area contributed by atoms with Gasteiger partial charge >= 0.3 is 16.4 Å². The minimum absolute atomic E-state index is 0. The zero-order valence-corrected chi connectivity index (χ0v) is 75.0. The first-order valence-corrected chi connectivity index (χ1v) is 46.5. The van der Waals surface area contributed by atoms with Gasteiger partial charge in [0.1, 0.15) is 96.0 Å². The second-order valence-electron chi connectivity index (χ2n) is 32.6. The molecule has 0 spiro atoms. The molecule has 0 aromatic carbocycles. The lowest BCUT2D eigenvalue weighted by Crippen LogP contribution is -2.59. The number of hydrogen-bond donors (Lipinski definition) is 13. The predicted molar refractivity (Wildman–Crippen MR) is 449 cm³/mol. The fourth-order valence-electron chi connectivity index (χ4n) is 14.9. The molecule has 0 aromatic rings. The molecule has 13 N–H and O–H groups in total. The Morgan fingerprint density at radius 2 is 0.848 bits per heavy atom. The largest absolute Gasteiger partial charge is 0.472 e. The normalized spacial score (nSPS) is 28.0. The van der Waals surface area contributed by atoms with Crippen LogP contribution < -0.4 is 5.32 Å². The van der Waals surface area contributed by atoms with Crippen molar-refractivity contribution in [2.24, 2.45) is 17.8 Å². The summed E-state index contributed by atoms with van der Waals surface area (Å²) < 4.78 is 99.7. The van der Waals surface area contributed by atoms with Gasteiger partial charge in [0.2, 0.25) is 18.4 Å². The lowest BCUT2D eigenvalue weighted by molar-refractivity contribution is -0.282. The molecule has 0 saturated carbocycles. The van der Waals surface area contributed by atoms with Crippen LogP contribution in [-0.4, -0.2) is 349 Å². The molecule has 726 valence electrons. The Labute approximate surface area is 737 Å². The maximum absolute atomic E-state index is 14.5. The van der Waals surface area contributed by atoms with Crippen molar-refractivity contribution in [3.63, 3.8) is 0 Å². The molecule has 5 aliphatic rings. The van der Waals surface area contributed by atoms with Gasteiger partial charge in [-0.2, -0.15) is 0 Å². The molecule has 41 heteroatoms. The molecule has 0 aliphatic carbocycles. The molecule has 39 nitrogen and oxygen atoms in total. The van der Waals surface area contributed by atoms with Crippen molar-refractivity contribution in [1.29, 1.82) is 0 Å². The van der Waals surface area contributed by atoms with Crippen molar-refractivity contribution in [2.75, 3.05) is 126 Å². The lowest BCUT2D eigenvalue weighted by Gasteiger charge is -2.40. The predicted octanol–water partition coefficient (Wildman–Crippen LogP) is 4.22. The fraction of sp³-hybridized carbons (Fsp3) is 0.893. The van der Waals surface area contributed by atoms with E-state index in [4.69, 9.17) is 81.7 Å². The summed E-state index contributed by atoms with van der Waals surface area (Å²) in [4.78, 5) is 122. The van der Waals surface area contributed by atoms with Gasteiger partial charge in [0.05, 0.1) is 115 Å². The van der Waals surface area contributed by atoms with Crippen LogP contribution in [0.4, 0.5) is 0 Å². The topological polar surface area (TPSA) is 554 Å². The number of phosphoric acid groups is 1. The van der Waals surface area contributed by atoms with E-state index in [1.54, 1.807) is 27.7 Å². The third kappa shape index (κ3) is 44.0. The first-order chi connectivity index (χ1) is 59.4. The number of phosphoric ester groups is 1. The summed E-state index contributed by atoms with van der Waals surface area (Å²) >= 11 is 0. The van der Waals surface area contributed by atoms with Gasteiger partial charge in [-0.15, -0.1) is 0 Å². The maximum Gasteiger partial charge on any atom is 0.472 e. The number of Topliss-reactive ketones (excluding diaryl/α,β-unsaturated/α-hetero) is 6. The Kier molecular flexibility index (Phi) is 59.7. The monoisotopic (exact) mass is 1840 g/mol. The number of nitrogens with one attached hydrogen (secondary N) is 1. The van der Waals surface area contributed by atoms with Crippen LogP contribution in [0.1, 0.15) is 228 Å². The van der Waals surface area contributed by atoms with E-state index in [1.807, 2.05) is 0 Å². The number of carbonyl (C=O) groups is 8. The number of ketones is 6. The van der Waals surface area contributed by atoms with Crippen LogP contribution in [0.15, 0.2) is 0 Å². The average Bonchev–Trinajstić information content (AvgIpc) is 1.74. The number of carbonyl (C=O) groups excluding carboxylic acids is 8. The summed E-state index contributed by atoms with van der Waals surface area (Å²) in [5.74, 6) is -3.67. The third-order valence-corrected chi connectivity index (χ3v) is 24.5. The SMILES string of the molecule is C.CO.[C-]#[N+]CCOP(OC)OC1C[C@H](C)O[C@@H]1COP(=O)(O)O[C@@H]1C[C@@H](CO)N(C(=O)CC(=O)NC(COCCC(=O)CCCCCC(=O)CCCCO[C@@H]2OC(CO)[C@H](O)[C@H](O)C2C)(COCCC(=O)CCCCCC(=O)CCCCO[C@@H]2OC(CO)[C@H](O)[C@H](O)C2C)COCCC(=O)CCCCCC(=O)CCCCO[C@@H]2OC(CO)[C@H](O)[C@H](O)C2C)C1. The van der Waals surface area contributed by atoms with E-state index in [0.717, 1.165) is 12.0 Å². The average molecular weight is 1840 g/mol. The van der Waals surface area contributed by atoms with Crippen molar-refractivity contribution in [3.05, 3.63) is 11.4 Å². The van der Waals surface area contributed by atoms with Crippen molar-refractivity contribution in [3.8, 4) is 0 Å². The summed E-state index contributed by atoms with van der Waals surface area (Å²) in [7, 11) is -4.44. The fourth-order valence-corrected chi connectivity index (χ4v) is 16.7. The highest BCUT2D eigenvalue weighted by atomic mass is 31.2. The van der Waals surface area contributed by atoms with E-state index in [0.29, 0.717) is 141 Å². The van der Waals surface area contributed by atoms with Gasteiger partial charge in [0.15, 0.2) is 18.9 Å². The van der Waals surface area contributed by atoms with Gasteiger partial charge < -0.3 is 137 Å². The summed E-state index contributed by atoms with van der Waals surface area (Å²) in [6.07, 6.45) is -6.11. The standard InChI is InChI=1S/C82H141N3O35P2.CH4O.CH4/c1-54-42-66(119-121(106-6)113-41-34-83-5)70(115-54)50-114-122(104,105)120-65-43-58(46-86)85(45-65)72(97)44-71(96)84-82(51-107-38-31-62(93)25-13-7-10-22-59(90)28-16-19-35-110-79-55(2)73(98)76(101)67(47-87)116-79,52-108-39-32-63(94)26-14-8-11-23-60(91)29-17-20-36-111-80-56(3)74(99)77(102)68(48-88)117-80)53-109-40-33-64(95)27-15-9-12-24-61(92)30-18-21-37-112-81-57(4)75(100)78(103)69(49-89)118-81;1-2;/h54-58,65-70,73-81,86-89,98-103H,7-53H2,1-4,6H3,(H,84,96)(H,104,105);2H,1H3;1H4/t54-,55?,56?,57?,58-,65+,66?,67?,68?,69?,70+,73+,74+,75+,76-,77-,78-,79+,80+,81+,82?,121?;;/m0../s1. The molecule has 2 amide bonds. The minimum Gasteiger partial charge on any atom is -0.400 e. The quantitative estimate of drug-likeness (QED) is 0.0175. The zero-order chi connectivity index (χ0) is 91.6. The number of nitrogens with zero attached hydrogens (tertiary/aromatic N) is 2. The van der Waals surface area contributed by atoms with Gasteiger partial charge in [-0.05, 0) is 90.4 Å². The summed E-state index contributed by atoms with van der Waals surface area (Å²) in [6.45, 7) is 10.1. The molecule has 5 heterocycles. The molecular formula is C84H149N3O36P2. The van der Waals surface area contributed by atoms with E-state index in [-0.39, 0.29) is 172 Å². The first kappa shape index (κ1) is 115. The first-order valence-electron chi connectivity index (χ1n) is 43.9. The second-order valence-corrected chi connectivity index (χ2v) is 35.3. The molecule has 0 aromatic heterocycles. The Morgan fingerprint density at radius 1 is 0.488 bits per heavy atom. The number of amides is 2. The Bertz CT molecular complexity index is 2910. The molecule has 0 bridgehead atoms. The van der Waals surface area contributed by atoms with Crippen molar-refractivity contribution in [1.82, 2.24) is 10.2 Å². The lowest BCUT2D eigenvalue weighted by atomic mass is 9.92.